The van der Waals surface area contributed by atoms with E-state index in [1.54, 1.807) is 23.1 Å². The van der Waals surface area contributed by atoms with E-state index in [2.05, 4.69) is 13.6 Å². The largest absolute Gasteiger partial charge is 0.368 e. The summed E-state index contributed by atoms with van der Waals surface area (Å²) in [6, 6.07) is 10.1. The van der Waals surface area contributed by atoms with E-state index >= 15 is 0 Å². The van der Waals surface area contributed by atoms with Gasteiger partial charge in [0.1, 0.15) is 22.0 Å². The van der Waals surface area contributed by atoms with E-state index in [-0.39, 0.29) is 10.8 Å². The zero-order chi connectivity index (χ0) is 23.2. The zero-order valence-electron chi connectivity index (χ0n) is 18.1. The number of aromatic nitrogens is 2. The lowest BCUT2D eigenvalue weighted by atomic mass is 10.1. The third-order valence-electron chi connectivity index (χ3n) is 6.43. The summed E-state index contributed by atoms with van der Waals surface area (Å²) in [7, 11) is -3.87. The first-order chi connectivity index (χ1) is 15.9. The number of amides is 1. The van der Waals surface area contributed by atoms with Crippen LogP contribution in [0.3, 0.4) is 0 Å². The summed E-state index contributed by atoms with van der Waals surface area (Å²) in [5.41, 5.74) is 3.13. The molecule has 174 valence electrons. The van der Waals surface area contributed by atoms with Crippen molar-refractivity contribution in [2.75, 3.05) is 37.6 Å². The number of benzene rings is 2. The fourth-order valence-electron chi connectivity index (χ4n) is 4.69. The molecule has 0 saturated carbocycles. The fourth-order valence-corrected chi connectivity index (χ4v) is 7.26. The fraction of sp³-hybridized carbons (Fsp3) is 0.409. The maximum Gasteiger partial charge on any atom is 0.246 e. The second-order valence-corrected chi connectivity index (χ2v) is 11.2. The van der Waals surface area contributed by atoms with E-state index in [9.17, 15) is 13.2 Å². The third-order valence-corrected chi connectivity index (χ3v) is 9.15. The van der Waals surface area contributed by atoms with Gasteiger partial charge in [0.05, 0.1) is 11.7 Å². The number of rotatable bonds is 4. The van der Waals surface area contributed by atoms with Crippen molar-refractivity contribution in [3.05, 3.63) is 47.0 Å². The molecule has 33 heavy (non-hydrogen) atoms. The van der Waals surface area contributed by atoms with E-state index in [0.29, 0.717) is 61.6 Å². The molecule has 0 spiro atoms. The molecule has 1 aromatic heterocycles. The average Bonchev–Trinajstić information content (AvgIpc) is 3.50. The van der Waals surface area contributed by atoms with Crippen molar-refractivity contribution < 1.29 is 13.2 Å². The number of carbonyl (C=O) groups is 1. The molecule has 0 aliphatic carbocycles. The molecule has 2 aromatic carbocycles. The molecule has 3 aromatic rings. The Bertz CT molecular complexity index is 1300. The van der Waals surface area contributed by atoms with Crippen LogP contribution in [0.1, 0.15) is 18.4 Å². The van der Waals surface area contributed by atoms with Gasteiger partial charge in [-0.1, -0.05) is 23.7 Å². The van der Waals surface area contributed by atoms with Gasteiger partial charge in [-0.25, -0.2) is 8.42 Å². The minimum Gasteiger partial charge on any atom is -0.368 e. The number of hydrogen-bond donors (Lipinski definition) is 0. The standard InChI is InChI=1S/C22H24ClN5O3S2/c1-15-7-8-16(23)14-19(15)26-10-12-27(13-11-26)22(29)18-5-3-9-28(18)33(30,31)20-6-2-4-17-21(20)25-32-24-17/h2,4,6-8,14,18H,3,5,9-13H2,1H3. The Labute approximate surface area is 202 Å². The van der Waals surface area contributed by atoms with E-state index < -0.39 is 16.1 Å². The van der Waals surface area contributed by atoms with E-state index in [1.165, 1.54) is 4.31 Å². The van der Waals surface area contributed by atoms with Crippen LogP contribution < -0.4 is 4.90 Å². The van der Waals surface area contributed by atoms with Crippen LogP contribution in [-0.2, 0) is 14.8 Å². The Morgan fingerprint density at radius 2 is 1.88 bits per heavy atom. The molecule has 1 atom stereocenters. The Kier molecular flexibility index (Phi) is 6.02. The lowest BCUT2D eigenvalue weighted by Crippen LogP contribution is -2.54. The maximum absolute atomic E-state index is 13.5. The highest BCUT2D eigenvalue weighted by Crippen LogP contribution is 2.31. The summed E-state index contributed by atoms with van der Waals surface area (Å²) in [6.45, 7) is 4.81. The van der Waals surface area contributed by atoms with Gasteiger partial charge in [0.15, 0.2) is 0 Å². The van der Waals surface area contributed by atoms with Crippen LogP contribution in [0.4, 0.5) is 5.69 Å². The minimum atomic E-state index is -3.87. The van der Waals surface area contributed by atoms with Crippen molar-refractivity contribution in [2.24, 2.45) is 0 Å². The number of aryl methyl sites for hydroxylation is 1. The number of piperazine rings is 1. The van der Waals surface area contributed by atoms with Crippen molar-refractivity contribution in [2.45, 2.75) is 30.7 Å². The minimum absolute atomic E-state index is 0.120. The Morgan fingerprint density at radius 3 is 2.67 bits per heavy atom. The van der Waals surface area contributed by atoms with Gasteiger partial charge in [-0.3, -0.25) is 4.79 Å². The molecule has 0 bridgehead atoms. The number of nitrogens with zero attached hydrogens (tertiary/aromatic N) is 5. The Balaban J connectivity index is 1.33. The number of anilines is 1. The predicted octanol–water partition coefficient (Wildman–Crippen LogP) is 3.16. The van der Waals surface area contributed by atoms with Gasteiger partial charge < -0.3 is 9.80 Å². The zero-order valence-corrected chi connectivity index (χ0v) is 20.5. The van der Waals surface area contributed by atoms with Crippen LogP contribution in [-0.4, -0.2) is 71.0 Å². The summed E-state index contributed by atoms with van der Waals surface area (Å²) < 4.78 is 36.7. The van der Waals surface area contributed by atoms with Crippen LogP contribution in [0.25, 0.3) is 11.0 Å². The summed E-state index contributed by atoms with van der Waals surface area (Å²) in [6.07, 6.45) is 1.18. The molecule has 2 fully saturated rings. The molecule has 1 amide bonds. The molecule has 0 radical (unpaired) electrons. The lowest BCUT2D eigenvalue weighted by molar-refractivity contribution is -0.134. The number of fused-ring (bicyclic) bond motifs is 1. The normalized spacial score (nSPS) is 20.0. The molecule has 3 heterocycles. The summed E-state index contributed by atoms with van der Waals surface area (Å²) in [5.74, 6) is -0.123. The molecule has 11 heteroatoms. The monoisotopic (exact) mass is 505 g/mol. The molecular weight excluding hydrogens is 482 g/mol. The van der Waals surface area contributed by atoms with Crippen LogP contribution in [0.2, 0.25) is 5.02 Å². The highest BCUT2D eigenvalue weighted by atomic mass is 35.5. The molecule has 2 aliphatic rings. The predicted molar refractivity (Wildman–Crippen MR) is 129 cm³/mol. The molecule has 2 aliphatic heterocycles. The van der Waals surface area contributed by atoms with Gasteiger partial charge in [0.2, 0.25) is 15.9 Å². The SMILES string of the molecule is Cc1ccc(Cl)cc1N1CCN(C(=O)C2CCCN2S(=O)(=O)c2cccc3nsnc23)CC1. The first kappa shape index (κ1) is 22.5. The topological polar surface area (TPSA) is 86.7 Å². The van der Waals surface area contributed by atoms with Crippen molar-refractivity contribution in [3.8, 4) is 0 Å². The number of halogens is 1. The van der Waals surface area contributed by atoms with Crippen LogP contribution in [0.15, 0.2) is 41.3 Å². The quantitative estimate of drug-likeness (QED) is 0.541. The second-order valence-electron chi connectivity index (χ2n) is 8.41. The third kappa shape index (κ3) is 4.09. The smallest absolute Gasteiger partial charge is 0.246 e. The van der Waals surface area contributed by atoms with Crippen LogP contribution in [0, 0.1) is 6.92 Å². The lowest BCUT2D eigenvalue weighted by Gasteiger charge is -2.38. The van der Waals surface area contributed by atoms with Gasteiger partial charge in [0, 0.05) is 43.4 Å². The Morgan fingerprint density at radius 1 is 1.09 bits per heavy atom. The number of hydrogen-bond acceptors (Lipinski definition) is 7. The average molecular weight is 506 g/mol. The molecule has 2 saturated heterocycles. The summed E-state index contributed by atoms with van der Waals surface area (Å²) in [4.78, 5) is 17.6. The van der Waals surface area contributed by atoms with Crippen molar-refractivity contribution >= 4 is 56.0 Å². The van der Waals surface area contributed by atoms with Gasteiger partial charge in [-0.15, -0.1) is 0 Å². The van der Waals surface area contributed by atoms with Crippen LogP contribution in [0.5, 0.6) is 0 Å². The van der Waals surface area contributed by atoms with Crippen LogP contribution >= 0.6 is 23.3 Å². The van der Waals surface area contributed by atoms with Gasteiger partial charge in [-0.05, 0) is 49.6 Å². The molecule has 1 unspecified atom stereocenters. The van der Waals surface area contributed by atoms with E-state index in [0.717, 1.165) is 23.0 Å². The second kappa shape index (κ2) is 8.83. The molecular formula is C22H24ClN5O3S2. The van der Waals surface area contributed by atoms with Crippen molar-refractivity contribution in [1.82, 2.24) is 18.0 Å². The first-order valence-electron chi connectivity index (χ1n) is 10.9. The van der Waals surface area contributed by atoms with Crippen molar-refractivity contribution in [3.63, 3.8) is 0 Å². The van der Waals surface area contributed by atoms with Gasteiger partial charge in [-0.2, -0.15) is 13.1 Å². The number of sulfonamides is 1. The highest BCUT2D eigenvalue weighted by molar-refractivity contribution is 7.89. The molecule has 0 N–H and O–H groups in total. The van der Waals surface area contributed by atoms with E-state index in [1.807, 2.05) is 25.1 Å². The summed E-state index contributed by atoms with van der Waals surface area (Å²) >= 11 is 7.16. The number of carbonyl (C=O) groups excluding carboxylic acids is 1. The molecule has 5 rings (SSSR count). The van der Waals surface area contributed by atoms with Gasteiger partial charge in [0.25, 0.3) is 0 Å². The van der Waals surface area contributed by atoms with Crippen molar-refractivity contribution in [1.29, 1.82) is 0 Å². The summed E-state index contributed by atoms with van der Waals surface area (Å²) in [5, 5.41) is 0.686. The molecule has 8 nitrogen and oxygen atoms in total. The van der Waals surface area contributed by atoms with E-state index in [4.69, 9.17) is 11.6 Å². The maximum atomic E-state index is 13.5. The first-order valence-corrected chi connectivity index (χ1v) is 13.4. The highest BCUT2D eigenvalue weighted by Gasteiger charge is 2.42. The Hall–Kier alpha value is -2.27. The van der Waals surface area contributed by atoms with Gasteiger partial charge >= 0.3 is 0 Å².